The number of alkyl halides is 9. The second kappa shape index (κ2) is 15.7. The molecule has 3 aromatic carbocycles. The first-order valence-electron chi connectivity index (χ1n) is 18.0. The van der Waals surface area contributed by atoms with E-state index in [1.165, 1.54) is 55.6 Å². The highest BCUT2D eigenvalue weighted by atomic mass is 19.4. The largest absolute Gasteiger partial charge is 0.480 e. The predicted molar refractivity (Wildman–Crippen MR) is 190 cm³/mol. The zero-order valence-electron chi connectivity index (χ0n) is 30.1. The summed E-state index contributed by atoms with van der Waals surface area (Å²) >= 11 is 0. The number of carboxylic acids is 1. The molecule has 17 heteroatoms. The maximum Gasteiger partial charge on any atom is 0.417 e. The molecule has 3 heterocycles. The van der Waals surface area contributed by atoms with Crippen molar-refractivity contribution in [2.24, 2.45) is 12.5 Å². The summed E-state index contributed by atoms with van der Waals surface area (Å²) in [5.74, 6) is -3.32. The molecule has 0 radical (unpaired) electrons. The number of aliphatic carboxylic acids is 1. The maximum absolute atomic E-state index is 15.2. The molecule has 0 bridgehead atoms. The van der Waals surface area contributed by atoms with Gasteiger partial charge in [0, 0.05) is 38.5 Å². The van der Waals surface area contributed by atoms with Crippen LogP contribution < -0.4 is 10.9 Å². The van der Waals surface area contributed by atoms with Crippen LogP contribution in [0.25, 0.3) is 32.8 Å². The Morgan fingerprint density at radius 3 is 2.14 bits per heavy atom. The van der Waals surface area contributed by atoms with E-state index in [0.29, 0.717) is 31.5 Å². The van der Waals surface area contributed by atoms with Gasteiger partial charge in [0.25, 0.3) is 12.0 Å². The number of benzene rings is 3. The first kappa shape index (κ1) is 41.0. The quantitative estimate of drug-likeness (QED) is 0.163. The van der Waals surface area contributed by atoms with Crippen molar-refractivity contribution in [3.05, 3.63) is 81.6 Å². The Labute approximate surface area is 314 Å². The molecule has 1 amide bonds. The maximum atomic E-state index is 15.2. The van der Waals surface area contributed by atoms with E-state index in [9.17, 15) is 45.8 Å². The van der Waals surface area contributed by atoms with Gasteiger partial charge in [0.05, 0.1) is 23.2 Å². The van der Waals surface area contributed by atoms with Gasteiger partial charge in [-0.1, -0.05) is 42.5 Å². The third kappa shape index (κ3) is 8.10. The highest BCUT2D eigenvalue weighted by Gasteiger charge is 2.61. The Kier molecular flexibility index (Phi) is 11.5. The van der Waals surface area contributed by atoms with Crippen LogP contribution in [0.4, 0.5) is 39.5 Å². The number of nitrogens with one attached hydrogen (secondary N) is 1. The zero-order chi connectivity index (χ0) is 40.7. The van der Waals surface area contributed by atoms with Crippen molar-refractivity contribution < 1.29 is 54.2 Å². The lowest BCUT2D eigenvalue weighted by atomic mass is 9.76. The Hall–Kier alpha value is -4.64. The topological polar surface area (TPSA) is 94.9 Å². The van der Waals surface area contributed by atoms with Crippen LogP contribution in [0.3, 0.4) is 0 Å². The molecule has 1 aromatic heterocycles. The monoisotopic (exact) mass is 798 g/mol. The number of carboxylic acid groups (broad SMARTS) is 1. The first-order valence-corrected chi connectivity index (χ1v) is 18.0. The van der Waals surface area contributed by atoms with E-state index in [4.69, 9.17) is 0 Å². The van der Waals surface area contributed by atoms with Crippen molar-refractivity contribution >= 4 is 33.6 Å². The van der Waals surface area contributed by atoms with Crippen molar-refractivity contribution in [3.8, 4) is 11.1 Å². The number of likely N-dealkylation sites (tertiary alicyclic amines) is 2. The fourth-order valence-electron chi connectivity index (χ4n) is 7.99. The summed E-state index contributed by atoms with van der Waals surface area (Å²) in [6.07, 6.45) is -15.6. The molecule has 8 nitrogen and oxygen atoms in total. The number of pyridine rings is 1. The molecular formula is C39H39F9N4O4. The lowest BCUT2D eigenvalue weighted by molar-refractivity contribution is -0.233. The van der Waals surface area contributed by atoms with Crippen LogP contribution in [-0.4, -0.2) is 88.9 Å². The van der Waals surface area contributed by atoms with Crippen LogP contribution in [-0.2, 0) is 35.8 Å². The van der Waals surface area contributed by atoms with Gasteiger partial charge < -0.3 is 15.0 Å². The Morgan fingerprint density at radius 1 is 0.893 bits per heavy atom. The van der Waals surface area contributed by atoms with Crippen molar-refractivity contribution in [2.45, 2.75) is 69.6 Å². The predicted octanol–water partition coefficient (Wildman–Crippen LogP) is 7.33. The average molecular weight is 799 g/mol. The molecule has 6 rings (SSSR count). The zero-order valence-corrected chi connectivity index (χ0v) is 30.1. The van der Waals surface area contributed by atoms with Crippen LogP contribution in [0.2, 0.25) is 0 Å². The summed E-state index contributed by atoms with van der Waals surface area (Å²) in [7, 11) is 1.34. The smallest absolute Gasteiger partial charge is 0.417 e. The SMILES string of the molecule is Cn1c(=O)c(-c2cccc3c(C[C@H](NC(=O)C4(C(F)(F)F)CCN(CC(F)F)CC4)C(=O)O)cccc23)c(C(F)(F)F)c2cc(CN3CCC(F)CC3)ccc21. The summed E-state index contributed by atoms with van der Waals surface area (Å²) < 4.78 is 130. The normalized spacial score (nSPS) is 18.1. The summed E-state index contributed by atoms with van der Waals surface area (Å²) in [6, 6.07) is 10.9. The molecule has 2 aliphatic rings. The van der Waals surface area contributed by atoms with Gasteiger partial charge in [-0.25, -0.2) is 18.0 Å². The summed E-state index contributed by atoms with van der Waals surface area (Å²) in [5.41, 5.74) is -5.29. The van der Waals surface area contributed by atoms with Crippen LogP contribution in [0.5, 0.6) is 0 Å². The number of piperidine rings is 2. The number of aromatic nitrogens is 1. The second-order valence-corrected chi connectivity index (χ2v) is 14.6. The lowest BCUT2D eigenvalue weighted by Crippen LogP contribution is -2.59. The number of carbonyl (C=O) groups is 2. The van der Waals surface area contributed by atoms with E-state index >= 15 is 13.2 Å². The van der Waals surface area contributed by atoms with Gasteiger partial charge in [-0.05, 0) is 78.4 Å². The van der Waals surface area contributed by atoms with Crippen molar-refractivity contribution in [1.82, 2.24) is 19.7 Å². The minimum absolute atomic E-state index is 0.0228. The number of nitrogens with zero attached hydrogens (tertiary/aromatic N) is 3. The van der Waals surface area contributed by atoms with Crippen LogP contribution in [0, 0.1) is 5.41 Å². The van der Waals surface area contributed by atoms with E-state index in [2.05, 4.69) is 0 Å². The number of hydrogen-bond donors (Lipinski definition) is 2. The molecule has 2 aliphatic heterocycles. The van der Waals surface area contributed by atoms with Crippen molar-refractivity contribution in [3.63, 3.8) is 0 Å². The molecule has 0 aliphatic carbocycles. The van der Waals surface area contributed by atoms with Crippen molar-refractivity contribution in [2.75, 3.05) is 32.7 Å². The average Bonchev–Trinajstić information content (AvgIpc) is 3.12. The van der Waals surface area contributed by atoms with E-state index in [1.807, 2.05) is 10.2 Å². The first-order chi connectivity index (χ1) is 26.3. The van der Waals surface area contributed by atoms with Gasteiger partial charge in [-0.3, -0.25) is 19.4 Å². The molecule has 0 unspecified atom stereocenters. The highest BCUT2D eigenvalue weighted by molar-refractivity contribution is 6.02. The molecule has 2 N–H and O–H groups in total. The molecule has 2 fully saturated rings. The minimum atomic E-state index is -5.14. The van der Waals surface area contributed by atoms with E-state index in [1.54, 1.807) is 6.07 Å². The van der Waals surface area contributed by atoms with E-state index in [0.717, 1.165) is 9.47 Å². The van der Waals surface area contributed by atoms with Gasteiger partial charge >= 0.3 is 18.3 Å². The fraction of sp³-hybridized carbons (Fsp3) is 0.462. The van der Waals surface area contributed by atoms with Crippen LogP contribution in [0.15, 0.2) is 59.4 Å². The summed E-state index contributed by atoms with van der Waals surface area (Å²) in [5, 5.41) is 12.1. The highest BCUT2D eigenvalue weighted by Crippen LogP contribution is 2.47. The standard InChI is InChI=1S/C39H39F9N4O4/c1-50-30-9-8-22(20-51-14-10-24(40)11-15-51)18-28(30)33(38(43,44)45)32(34(50)53)27-7-3-5-25-23(4-2-6-26(25)27)19-29(35(54)55)49-36(56)37(39(46,47)48)12-16-52(17-13-37)21-31(41)42/h2-9,18,24,29,31H,10-17,19-21H2,1H3,(H,49,56)(H,54,55)/t29-/m0/s1. The van der Waals surface area contributed by atoms with Crippen molar-refractivity contribution in [1.29, 1.82) is 0 Å². The van der Waals surface area contributed by atoms with Gasteiger partial charge in [-0.2, -0.15) is 26.3 Å². The molecule has 1 atom stereocenters. The summed E-state index contributed by atoms with van der Waals surface area (Å²) in [6.45, 7) is -0.612. The van der Waals surface area contributed by atoms with Crippen LogP contribution >= 0.6 is 0 Å². The number of carbonyl (C=O) groups excluding carboxylic acids is 1. The lowest BCUT2D eigenvalue weighted by Gasteiger charge is -2.41. The molecule has 0 saturated carbocycles. The van der Waals surface area contributed by atoms with E-state index < -0.39 is 104 Å². The Bertz CT molecular complexity index is 2170. The Morgan fingerprint density at radius 2 is 1.54 bits per heavy atom. The molecule has 2 saturated heterocycles. The van der Waals surface area contributed by atoms with Crippen LogP contribution in [0.1, 0.15) is 42.4 Å². The second-order valence-electron chi connectivity index (χ2n) is 14.6. The molecular weight excluding hydrogens is 759 g/mol. The van der Waals surface area contributed by atoms with E-state index in [-0.39, 0.29) is 39.3 Å². The summed E-state index contributed by atoms with van der Waals surface area (Å²) in [4.78, 5) is 42.7. The third-order valence-corrected chi connectivity index (χ3v) is 11.1. The van der Waals surface area contributed by atoms with Gasteiger partial charge in [0.15, 0.2) is 0 Å². The fourth-order valence-corrected chi connectivity index (χ4v) is 7.99. The number of hydrogen-bond acceptors (Lipinski definition) is 5. The number of fused-ring (bicyclic) bond motifs is 2. The molecule has 302 valence electrons. The van der Waals surface area contributed by atoms with Gasteiger partial charge in [-0.15, -0.1) is 0 Å². The molecule has 0 spiro atoms. The molecule has 4 aromatic rings. The molecule has 56 heavy (non-hydrogen) atoms. The Balaban J connectivity index is 1.38. The minimum Gasteiger partial charge on any atom is -0.480 e. The number of rotatable bonds is 10. The third-order valence-electron chi connectivity index (χ3n) is 11.1. The van der Waals surface area contributed by atoms with Gasteiger partial charge in [0.2, 0.25) is 5.91 Å². The number of aryl methyl sites for hydroxylation is 1. The van der Waals surface area contributed by atoms with Gasteiger partial charge in [0.1, 0.15) is 17.6 Å². The number of amides is 1. The number of halogens is 9.